The zero-order chi connectivity index (χ0) is 16.1. The third-order valence-electron chi connectivity index (χ3n) is 4.43. The minimum absolute atomic E-state index is 0.0287. The van der Waals surface area contributed by atoms with Gasteiger partial charge < -0.3 is 15.4 Å². The van der Waals surface area contributed by atoms with Crippen LogP contribution in [0.2, 0.25) is 0 Å². The standard InChI is InChI=1S/C17H24FN3O2/c18-15-5-3-14(4-6-15)16(13-1-2-13)20-17(22)19-7-8-21-9-11-23-12-10-21/h3-6,13,16H,1-2,7-12H2,(H2,19,20,22)/t16-/m0/s1. The first-order valence-corrected chi connectivity index (χ1v) is 8.32. The summed E-state index contributed by atoms with van der Waals surface area (Å²) in [5, 5.41) is 5.95. The zero-order valence-corrected chi connectivity index (χ0v) is 13.3. The van der Waals surface area contributed by atoms with Gasteiger partial charge in [-0.25, -0.2) is 9.18 Å². The van der Waals surface area contributed by atoms with Crippen molar-refractivity contribution < 1.29 is 13.9 Å². The number of urea groups is 1. The van der Waals surface area contributed by atoms with Crippen LogP contribution in [0.5, 0.6) is 0 Å². The van der Waals surface area contributed by atoms with Gasteiger partial charge in [0.05, 0.1) is 19.3 Å². The molecule has 6 heteroatoms. The summed E-state index contributed by atoms with van der Waals surface area (Å²) in [6, 6.07) is 6.22. The van der Waals surface area contributed by atoms with Crippen LogP contribution in [0.3, 0.4) is 0 Å². The molecule has 1 aromatic carbocycles. The van der Waals surface area contributed by atoms with E-state index in [1.54, 1.807) is 12.1 Å². The lowest BCUT2D eigenvalue weighted by Gasteiger charge is -2.26. The molecule has 0 bridgehead atoms. The van der Waals surface area contributed by atoms with Crippen LogP contribution in [0.15, 0.2) is 24.3 Å². The maximum Gasteiger partial charge on any atom is 0.315 e. The predicted octanol–water partition coefficient (Wildman–Crippen LogP) is 1.91. The van der Waals surface area contributed by atoms with E-state index < -0.39 is 0 Å². The van der Waals surface area contributed by atoms with E-state index in [1.807, 2.05) is 0 Å². The summed E-state index contributed by atoms with van der Waals surface area (Å²) in [6.07, 6.45) is 2.21. The normalized spacial score (nSPS) is 20.0. The highest BCUT2D eigenvalue weighted by atomic mass is 19.1. The van der Waals surface area contributed by atoms with Gasteiger partial charge in [0.25, 0.3) is 0 Å². The van der Waals surface area contributed by atoms with Crippen LogP contribution >= 0.6 is 0 Å². The van der Waals surface area contributed by atoms with Gasteiger partial charge in [0, 0.05) is 26.2 Å². The summed E-state index contributed by atoms with van der Waals surface area (Å²) < 4.78 is 18.4. The highest BCUT2D eigenvalue weighted by Gasteiger charge is 2.33. The molecule has 1 aromatic rings. The van der Waals surface area contributed by atoms with Crippen molar-refractivity contribution >= 4 is 6.03 Å². The van der Waals surface area contributed by atoms with Gasteiger partial charge in [-0.15, -0.1) is 0 Å². The van der Waals surface area contributed by atoms with Crippen LogP contribution in [-0.2, 0) is 4.74 Å². The van der Waals surface area contributed by atoms with Crippen molar-refractivity contribution in [3.63, 3.8) is 0 Å². The molecule has 2 amide bonds. The van der Waals surface area contributed by atoms with E-state index in [1.165, 1.54) is 12.1 Å². The molecule has 1 saturated heterocycles. The molecule has 2 N–H and O–H groups in total. The molecular formula is C17H24FN3O2. The van der Waals surface area contributed by atoms with Crippen molar-refractivity contribution in [2.45, 2.75) is 18.9 Å². The first-order chi connectivity index (χ1) is 11.2. The lowest BCUT2D eigenvalue weighted by molar-refractivity contribution is 0.0387. The van der Waals surface area contributed by atoms with Crippen LogP contribution in [0.1, 0.15) is 24.4 Å². The lowest BCUT2D eigenvalue weighted by Crippen LogP contribution is -2.44. The van der Waals surface area contributed by atoms with Crippen molar-refractivity contribution in [3.8, 4) is 0 Å². The highest BCUT2D eigenvalue weighted by molar-refractivity contribution is 5.74. The van der Waals surface area contributed by atoms with Crippen LogP contribution in [-0.4, -0.2) is 50.3 Å². The summed E-state index contributed by atoms with van der Waals surface area (Å²) in [6.45, 7) is 4.82. The highest BCUT2D eigenvalue weighted by Crippen LogP contribution is 2.40. The molecule has 1 saturated carbocycles. The number of hydrogen-bond donors (Lipinski definition) is 2. The van der Waals surface area contributed by atoms with Gasteiger partial charge in [0.15, 0.2) is 0 Å². The van der Waals surface area contributed by atoms with E-state index in [9.17, 15) is 9.18 Å². The van der Waals surface area contributed by atoms with E-state index in [4.69, 9.17) is 4.74 Å². The first kappa shape index (κ1) is 16.2. The summed E-state index contributed by atoms with van der Waals surface area (Å²) in [5.41, 5.74) is 0.970. The Morgan fingerprint density at radius 2 is 1.96 bits per heavy atom. The van der Waals surface area contributed by atoms with Crippen molar-refractivity contribution in [3.05, 3.63) is 35.6 Å². The SMILES string of the molecule is O=C(NCCN1CCOCC1)N[C@H](c1ccc(F)cc1)C1CC1. The molecule has 1 atom stereocenters. The molecule has 23 heavy (non-hydrogen) atoms. The molecule has 1 heterocycles. The minimum Gasteiger partial charge on any atom is -0.379 e. The Morgan fingerprint density at radius 1 is 1.26 bits per heavy atom. The summed E-state index contributed by atoms with van der Waals surface area (Å²) >= 11 is 0. The smallest absolute Gasteiger partial charge is 0.315 e. The fraction of sp³-hybridized carbons (Fsp3) is 0.588. The Kier molecular flexibility index (Phi) is 5.46. The van der Waals surface area contributed by atoms with Crippen molar-refractivity contribution in [2.75, 3.05) is 39.4 Å². The molecule has 1 aliphatic carbocycles. The molecule has 1 aliphatic heterocycles. The summed E-state index contributed by atoms with van der Waals surface area (Å²) in [5.74, 6) is 0.212. The maximum atomic E-state index is 13.1. The molecule has 0 spiro atoms. The average molecular weight is 321 g/mol. The van der Waals surface area contributed by atoms with Gasteiger partial charge in [-0.05, 0) is 36.5 Å². The van der Waals surface area contributed by atoms with Gasteiger partial charge in [0.2, 0.25) is 0 Å². The van der Waals surface area contributed by atoms with Crippen LogP contribution in [0.25, 0.3) is 0 Å². The summed E-state index contributed by atoms with van der Waals surface area (Å²) in [4.78, 5) is 14.4. The van der Waals surface area contributed by atoms with Crippen LogP contribution in [0, 0.1) is 11.7 Å². The molecule has 2 aliphatic rings. The summed E-state index contributed by atoms with van der Waals surface area (Å²) in [7, 11) is 0. The minimum atomic E-state index is -0.252. The van der Waals surface area contributed by atoms with Crippen molar-refractivity contribution in [1.82, 2.24) is 15.5 Å². The lowest BCUT2D eigenvalue weighted by atomic mass is 10.0. The Morgan fingerprint density at radius 3 is 2.61 bits per heavy atom. The number of carbonyl (C=O) groups is 1. The number of hydrogen-bond acceptors (Lipinski definition) is 3. The third-order valence-corrected chi connectivity index (χ3v) is 4.43. The van der Waals surface area contributed by atoms with Gasteiger partial charge in [-0.2, -0.15) is 0 Å². The molecule has 0 aromatic heterocycles. The Labute approximate surface area is 136 Å². The van der Waals surface area contributed by atoms with Gasteiger partial charge in [-0.1, -0.05) is 12.1 Å². The van der Waals surface area contributed by atoms with E-state index in [-0.39, 0.29) is 17.9 Å². The Hall–Kier alpha value is -1.66. The Balaban J connectivity index is 1.45. The van der Waals surface area contributed by atoms with Crippen LogP contribution < -0.4 is 10.6 Å². The number of halogens is 1. The number of nitrogens with zero attached hydrogens (tertiary/aromatic N) is 1. The molecule has 126 valence electrons. The van der Waals surface area contributed by atoms with E-state index >= 15 is 0 Å². The maximum absolute atomic E-state index is 13.1. The fourth-order valence-electron chi connectivity index (χ4n) is 2.92. The quantitative estimate of drug-likeness (QED) is 0.841. The predicted molar refractivity (Wildman–Crippen MR) is 85.7 cm³/mol. The zero-order valence-electron chi connectivity index (χ0n) is 13.3. The molecule has 0 unspecified atom stereocenters. The van der Waals surface area contributed by atoms with Crippen molar-refractivity contribution in [1.29, 1.82) is 0 Å². The average Bonchev–Trinajstić information content (AvgIpc) is 3.39. The molecule has 5 nitrogen and oxygen atoms in total. The topological polar surface area (TPSA) is 53.6 Å². The molecule has 2 fully saturated rings. The number of benzene rings is 1. The number of ether oxygens (including phenoxy) is 1. The Bertz CT molecular complexity index is 513. The largest absolute Gasteiger partial charge is 0.379 e. The number of morpholine rings is 1. The van der Waals surface area contributed by atoms with Gasteiger partial charge in [0.1, 0.15) is 5.82 Å². The van der Waals surface area contributed by atoms with Gasteiger partial charge in [-0.3, -0.25) is 4.90 Å². The molecule has 3 rings (SSSR count). The number of carbonyl (C=O) groups excluding carboxylic acids is 1. The van der Waals surface area contributed by atoms with E-state index in [0.717, 1.165) is 51.3 Å². The van der Waals surface area contributed by atoms with E-state index in [0.29, 0.717) is 12.5 Å². The second-order valence-electron chi connectivity index (χ2n) is 6.22. The fourth-order valence-corrected chi connectivity index (χ4v) is 2.92. The second kappa shape index (κ2) is 7.75. The monoisotopic (exact) mass is 321 g/mol. The van der Waals surface area contributed by atoms with Crippen molar-refractivity contribution in [2.24, 2.45) is 5.92 Å². The van der Waals surface area contributed by atoms with Gasteiger partial charge >= 0.3 is 6.03 Å². The number of amides is 2. The number of rotatable bonds is 6. The third kappa shape index (κ3) is 4.91. The first-order valence-electron chi connectivity index (χ1n) is 8.32. The molecular weight excluding hydrogens is 297 g/mol. The van der Waals surface area contributed by atoms with Crippen LogP contribution in [0.4, 0.5) is 9.18 Å². The second-order valence-corrected chi connectivity index (χ2v) is 6.22. The molecule has 0 radical (unpaired) electrons. The number of nitrogens with one attached hydrogen (secondary N) is 2. The van der Waals surface area contributed by atoms with E-state index in [2.05, 4.69) is 15.5 Å².